The second kappa shape index (κ2) is 3.11. The summed E-state index contributed by atoms with van der Waals surface area (Å²) < 4.78 is 31.9. The van der Waals surface area contributed by atoms with Crippen molar-refractivity contribution in [3.05, 3.63) is 24.2 Å². The molecule has 1 aromatic rings. The molecule has 0 saturated carbocycles. The minimum absolute atomic E-state index is 0.0895. The van der Waals surface area contributed by atoms with Crippen LogP contribution in [0.2, 0.25) is 0 Å². The van der Waals surface area contributed by atoms with Gasteiger partial charge >= 0.3 is 0 Å². The zero-order valence-corrected chi connectivity index (χ0v) is 5.89. The largest absolute Gasteiger partial charge is 0.497 e. The lowest BCUT2D eigenvalue weighted by atomic mass is 10.3. The number of hydrogen-bond donors (Lipinski definition) is 0. The van der Waals surface area contributed by atoms with E-state index < -0.39 is 0 Å². The molecule has 0 aromatic heterocycles. The van der Waals surface area contributed by atoms with E-state index >= 15 is 0 Å². The van der Waals surface area contributed by atoms with E-state index in [0.29, 0.717) is 0 Å². The SMILES string of the molecule is [2H]c1c(OC)cc(OC)c([2H])c1[2H]. The van der Waals surface area contributed by atoms with Crippen LogP contribution >= 0.6 is 0 Å². The maximum Gasteiger partial charge on any atom is 0.122 e. The molecule has 0 N–H and O–H groups in total. The lowest BCUT2D eigenvalue weighted by Crippen LogP contribution is -1.84. The zero-order chi connectivity index (χ0) is 10.0. The maximum atomic E-state index is 7.42. The summed E-state index contributed by atoms with van der Waals surface area (Å²) in [5, 5.41) is 0. The van der Waals surface area contributed by atoms with Gasteiger partial charge in [0, 0.05) is 6.07 Å². The quantitative estimate of drug-likeness (QED) is 0.624. The Morgan fingerprint density at radius 1 is 1.20 bits per heavy atom. The highest BCUT2D eigenvalue weighted by Gasteiger charge is 1.91. The second-order valence-corrected chi connectivity index (χ2v) is 1.66. The number of ether oxygens (including phenoxy) is 2. The fourth-order valence-electron chi connectivity index (χ4n) is 0.566. The van der Waals surface area contributed by atoms with E-state index in [0.717, 1.165) is 0 Å². The average Bonchev–Trinajstić information content (AvgIpc) is 2.15. The fraction of sp³-hybridized carbons (Fsp3) is 0.250. The summed E-state index contributed by atoms with van der Waals surface area (Å²) in [4.78, 5) is 0. The van der Waals surface area contributed by atoms with E-state index in [4.69, 9.17) is 13.6 Å². The first-order chi connectivity index (χ1) is 6.11. The van der Waals surface area contributed by atoms with E-state index in [-0.39, 0.29) is 29.6 Å². The van der Waals surface area contributed by atoms with Gasteiger partial charge in [-0.15, -0.1) is 0 Å². The third-order valence-electron chi connectivity index (χ3n) is 1.07. The molecule has 10 heavy (non-hydrogen) atoms. The Bertz CT molecular complexity index is 297. The van der Waals surface area contributed by atoms with E-state index in [9.17, 15) is 0 Å². The van der Waals surface area contributed by atoms with E-state index in [2.05, 4.69) is 0 Å². The van der Waals surface area contributed by atoms with Crippen molar-refractivity contribution >= 4 is 0 Å². The van der Waals surface area contributed by atoms with Crippen LogP contribution in [0.1, 0.15) is 4.11 Å². The number of methoxy groups -OCH3 is 2. The van der Waals surface area contributed by atoms with Gasteiger partial charge in [-0.25, -0.2) is 0 Å². The second-order valence-electron chi connectivity index (χ2n) is 1.66. The zero-order valence-electron chi connectivity index (χ0n) is 8.89. The van der Waals surface area contributed by atoms with Crippen molar-refractivity contribution < 1.29 is 13.6 Å². The Balaban J connectivity index is 3.36. The van der Waals surface area contributed by atoms with Gasteiger partial charge in [0.05, 0.1) is 18.3 Å². The van der Waals surface area contributed by atoms with Crippen molar-refractivity contribution in [1.82, 2.24) is 0 Å². The van der Waals surface area contributed by atoms with Crippen LogP contribution in [0.3, 0.4) is 0 Å². The van der Waals surface area contributed by atoms with Crippen LogP contribution in [0.25, 0.3) is 0 Å². The summed E-state index contributed by atoms with van der Waals surface area (Å²) in [5.74, 6) is 0.496. The van der Waals surface area contributed by atoms with Gasteiger partial charge in [0.25, 0.3) is 0 Å². The number of hydrogen-bond acceptors (Lipinski definition) is 2. The topological polar surface area (TPSA) is 18.5 Å². The van der Waals surface area contributed by atoms with Crippen molar-refractivity contribution in [2.24, 2.45) is 0 Å². The van der Waals surface area contributed by atoms with Gasteiger partial charge in [-0.3, -0.25) is 0 Å². The molecule has 0 heterocycles. The van der Waals surface area contributed by atoms with E-state index in [1.165, 1.54) is 20.3 Å². The van der Waals surface area contributed by atoms with E-state index in [1.54, 1.807) is 0 Å². The van der Waals surface area contributed by atoms with Crippen molar-refractivity contribution in [2.45, 2.75) is 0 Å². The Labute approximate surface area is 64.6 Å². The predicted molar refractivity (Wildman–Crippen MR) is 39.5 cm³/mol. The monoisotopic (exact) mass is 141 g/mol. The molecule has 0 atom stereocenters. The van der Waals surface area contributed by atoms with Gasteiger partial charge in [0.1, 0.15) is 11.5 Å². The highest BCUT2D eigenvalue weighted by Crippen LogP contribution is 2.17. The predicted octanol–water partition coefficient (Wildman–Crippen LogP) is 1.70. The van der Waals surface area contributed by atoms with Crippen LogP contribution < -0.4 is 9.47 Å². The molecular weight excluding hydrogens is 128 g/mol. The molecule has 0 spiro atoms. The van der Waals surface area contributed by atoms with Crippen LogP contribution in [0, 0.1) is 0 Å². The van der Waals surface area contributed by atoms with Gasteiger partial charge in [-0.2, -0.15) is 0 Å². The van der Waals surface area contributed by atoms with Crippen molar-refractivity contribution in [3.8, 4) is 11.5 Å². The summed E-state index contributed by atoms with van der Waals surface area (Å²) in [6.45, 7) is 0. The van der Waals surface area contributed by atoms with Crippen LogP contribution in [0.5, 0.6) is 11.5 Å². The lowest BCUT2D eigenvalue weighted by molar-refractivity contribution is 0.394. The number of benzene rings is 1. The summed E-state index contributed by atoms with van der Waals surface area (Å²) in [5.41, 5.74) is 0. The Hall–Kier alpha value is -1.18. The Morgan fingerprint density at radius 3 is 2.10 bits per heavy atom. The third kappa shape index (κ3) is 1.41. The molecule has 0 bridgehead atoms. The van der Waals surface area contributed by atoms with Crippen molar-refractivity contribution in [1.29, 1.82) is 0 Å². The third-order valence-corrected chi connectivity index (χ3v) is 1.07. The molecule has 0 amide bonds. The molecule has 2 heteroatoms. The van der Waals surface area contributed by atoms with Gasteiger partial charge in [-0.1, -0.05) is 6.04 Å². The van der Waals surface area contributed by atoms with Crippen molar-refractivity contribution in [3.63, 3.8) is 0 Å². The summed E-state index contributed by atoms with van der Waals surface area (Å²) >= 11 is 0. The van der Waals surface area contributed by atoms with E-state index in [1.807, 2.05) is 0 Å². The van der Waals surface area contributed by atoms with Crippen molar-refractivity contribution in [2.75, 3.05) is 14.2 Å². The molecule has 0 aliphatic rings. The first-order valence-corrected chi connectivity index (χ1v) is 2.80. The molecule has 0 radical (unpaired) electrons. The molecule has 1 aromatic carbocycles. The molecule has 0 unspecified atom stereocenters. The lowest BCUT2D eigenvalue weighted by Gasteiger charge is -2.01. The smallest absolute Gasteiger partial charge is 0.122 e. The standard InChI is InChI=1S/C8H10O2/c1-9-7-4-3-5-8(6-7)10-2/h3-6H,1-2H3/i3D,4D,5D. The van der Waals surface area contributed by atoms with Gasteiger partial charge in [0.15, 0.2) is 0 Å². The molecule has 1 rings (SSSR count). The van der Waals surface area contributed by atoms with Crippen LogP contribution in [0.4, 0.5) is 0 Å². The van der Waals surface area contributed by atoms with Gasteiger partial charge in [0.2, 0.25) is 0 Å². The highest BCUT2D eigenvalue weighted by atomic mass is 16.5. The molecule has 2 nitrogen and oxygen atoms in total. The minimum Gasteiger partial charge on any atom is -0.497 e. The molecular formula is C8H10O2. The van der Waals surface area contributed by atoms with Crippen LogP contribution in [-0.4, -0.2) is 14.2 Å². The Morgan fingerprint density at radius 2 is 1.70 bits per heavy atom. The molecule has 0 fully saturated rings. The van der Waals surface area contributed by atoms with Crippen LogP contribution in [-0.2, 0) is 0 Å². The van der Waals surface area contributed by atoms with Crippen LogP contribution in [0.15, 0.2) is 24.2 Å². The average molecular weight is 141 g/mol. The normalized spacial score (nSPS) is 13.2. The highest BCUT2D eigenvalue weighted by molar-refractivity contribution is 5.32. The maximum absolute atomic E-state index is 7.42. The first-order valence-electron chi connectivity index (χ1n) is 4.30. The first kappa shape index (κ1) is 3.86. The fourth-order valence-corrected chi connectivity index (χ4v) is 0.566. The number of rotatable bonds is 2. The molecule has 0 aliphatic heterocycles. The van der Waals surface area contributed by atoms with Gasteiger partial charge < -0.3 is 9.47 Å². The van der Waals surface area contributed by atoms with Gasteiger partial charge in [-0.05, 0) is 12.1 Å². The summed E-state index contributed by atoms with van der Waals surface area (Å²) in [7, 11) is 2.83. The summed E-state index contributed by atoms with van der Waals surface area (Å²) in [6.07, 6.45) is 0. The molecule has 54 valence electrons. The molecule has 0 saturated heterocycles. The minimum atomic E-state index is -0.184. The Kier molecular flexibility index (Phi) is 1.20. The summed E-state index contributed by atoms with van der Waals surface area (Å²) in [6, 6.07) is 1.07. The molecule has 0 aliphatic carbocycles.